The second-order valence-corrected chi connectivity index (χ2v) is 5.60. The van der Waals surface area contributed by atoms with Crippen LogP contribution in [-0.2, 0) is 6.42 Å². The average molecular weight is 479 g/mol. The summed E-state index contributed by atoms with van der Waals surface area (Å²) in [4.78, 5) is 4.51. The lowest BCUT2D eigenvalue weighted by Gasteiger charge is -2.09. The van der Waals surface area contributed by atoms with Crippen LogP contribution in [0.3, 0.4) is 0 Å². The molecule has 0 aliphatic carbocycles. The maximum atomic E-state index is 9.43. The molecule has 0 fully saturated rings. The Balaban J connectivity index is 0.00000364. The Bertz CT molecular complexity index is 790. The van der Waals surface area contributed by atoms with Crippen molar-refractivity contribution in [1.82, 2.24) is 20.4 Å². The van der Waals surface area contributed by atoms with Gasteiger partial charge in [-0.1, -0.05) is 24.3 Å². The number of guanidine groups is 1. The third kappa shape index (κ3) is 6.29. The van der Waals surface area contributed by atoms with Crippen LogP contribution < -0.4 is 16.4 Å². The molecule has 8 heteroatoms. The predicted octanol–water partition coefficient (Wildman–Crippen LogP) is 2.62. The topological polar surface area (TPSA) is 104 Å². The van der Waals surface area contributed by atoms with Crippen molar-refractivity contribution in [3.8, 4) is 11.8 Å². The fraction of sp³-hybridized carbons (Fsp3) is 0.316. The normalized spacial score (nSPS) is 10.6. The van der Waals surface area contributed by atoms with Crippen LogP contribution in [0.5, 0.6) is 0 Å². The number of hydrogen-bond acceptors (Lipinski definition) is 4. The number of nitrogens with zero attached hydrogens (tertiary/aromatic N) is 4. The predicted molar refractivity (Wildman–Crippen MR) is 121 cm³/mol. The van der Waals surface area contributed by atoms with E-state index in [0.29, 0.717) is 36.6 Å². The highest BCUT2D eigenvalue weighted by Gasteiger charge is 2.15. The Kier molecular flexibility index (Phi) is 9.96. The first-order valence-corrected chi connectivity index (χ1v) is 8.67. The minimum Gasteiger partial charge on any atom is -0.382 e. The highest BCUT2D eigenvalue weighted by Crippen LogP contribution is 2.21. The van der Waals surface area contributed by atoms with Crippen molar-refractivity contribution in [2.45, 2.75) is 19.8 Å². The van der Waals surface area contributed by atoms with Gasteiger partial charge in [0.1, 0.15) is 17.5 Å². The molecule has 2 rings (SSSR count). The third-order valence-electron chi connectivity index (χ3n) is 3.71. The Morgan fingerprint density at radius 1 is 1.37 bits per heavy atom. The molecule has 27 heavy (non-hydrogen) atoms. The van der Waals surface area contributed by atoms with Gasteiger partial charge in [0.15, 0.2) is 5.96 Å². The van der Waals surface area contributed by atoms with Crippen molar-refractivity contribution in [2.75, 3.05) is 25.4 Å². The summed E-state index contributed by atoms with van der Waals surface area (Å²) in [5.41, 5.74) is 8.10. The molecule has 1 heterocycles. The Morgan fingerprint density at radius 2 is 2.11 bits per heavy atom. The molecule has 2 aromatic rings. The van der Waals surface area contributed by atoms with Gasteiger partial charge in [-0.15, -0.1) is 30.6 Å². The van der Waals surface area contributed by atoms with Crippen LogP contribution in [-0.4, -0.2) is 35.4 Å². The van der Waals surface area contributed by atoms with Crippen molar-refractivity contribution < 1.29 is 0 Å². The molecule has 0 unspecified atom stereocenters. The van der Waals surface area contributed by atoms with Crippen molar-refractivity contribution in [3.63, 3.8) is 0 Å². The summed E-state index contributed by atoms with van der Waals surface area (Å²) in [6.45, 7) is 7.77. The van der Waals surface area contributed by atoms with Crippen molar-refractivity contribution in [1.29, 1.82) is 5.26 Å². The Labute approximate surface area is 177 Å². The molecule has 0 aliphatic heterocycles. The number of rotatable bonds is 8. The molecule has 0 atom stereocenters. The number of halogens is 1. The third-order valence-corrected chi connectivity index (χ3v) is 3.71. The highest BCUT2D eigenvalue weighted by atomic mass is 127. The van der Waals surface area contributed by atoms with Crippen molar-refractivity contribution >= 4 is 35.8 Å². The van der Waals surface area contributed by atoms with E-state index in [-0.39, 0.29) is 24.0 Å². The average Bonchev–Trinajstić information content (AvgIpc) is 2.99. The minimum atomic E-state index is 0. The standard InChI is InChI=1S/C19H25N7.HI/c1-3-12-23-19(22-4-2)24-13-8-11-17-16(14-20)18(21)26(25-17)15-9-6-5-7-10-15;/h3,5-7,9-10H,1,4,8,11-13,21H2,2H3,(H2,22,23,24);1H. The van der Waals surface area contributed by atoms with Crippen LogP contribution in [0.1, 0.15) is 24.6 Å². The lowest BCUT2D eigenvalue weighted by atomic mass is 10.1. The summed E-state index contributed by atoms with van der Waals surface area (Å²) in [6.07, 6.45) is 3.19. The van der Waals surface area contributed by atoms with Crippen LogP contribution in [0.4, 0.5) is 5.82 Å². The molecule has 0 radical (unpaired) electrons. The van der Waals surface area contributed by atoms with E-state index in [1.807, 2.05) is 37.3 Å². The van der Waals surface area contributed by atoms with E-state index >= 15 is 0 Å². The maximum absolute atomic E-state index is 9.43. The molecule has 0 spiro atoms. The zero-order chi connectivity index (χ0) is 18.8. The van der Waals surface area contributed by atoms with E-state index in [1.54, 1.807) is 10.8 Å². The van der Waals surface area contributed by atoms with Gasteiger partial charge >= 0.3 is 0 Å². The van der Waals surface area contributed by atoms with E-state index in [0.717, 1.165) is 24.6 Å². The van der Waals surface area contributed by atoms with Gasteiger partial charge < -0.3 is 16.4 Å². The maximum Gasteiger partial charge on any atom is 0.191 e. The molecule has 4 N–H and O–H groups in total. The number of nitrogens with two attached hydrogens (primary N) is 1. The Morgan fingerprint density at radius 3 is 2.74 bits per heavy atom. The van der Waals surface area contributed by atoms with E-state index in [2.05, 4.69) is 33.4 Å². The van der Waals surface area contributed by atoms with E-state index < -0.39 is 0 Å². The number of nitriles is 1. The number of nitrogens with one attached hydrogen (secondary N) is 2. The number of benzene rings is 1. The van der Waals surface area contributed by atoms with Crippen molar-refractivity contribution in [3.05, 3.63) is 54.2 Å². The van der Waals surface area contributed by atoms with Crippen LogP contribution in [0.2, 0.25) is 0 Å². The van der Waals surface area contributed by atoms with Gasteiger partial charge in [-0.2, -0.15) is 10.4 Å². The second kappa shape index (κ2) is 12.0. The van der Waals surface area contributed by atoms with E-state index in [9.17, 15) is 5.26 Å². The largest absolute Gasteiger partial charge is 0.382 e. The Hall–Kier alpha value is -2.54. The number of anilines is 1. The van der Waals surface area contributed by atoms with Crippen LogP contribution in [0.15, 0.2) is 48.0 Å². The van der Waals surface area contributed by atoms with E-state index in [1.165, 1.54) is 0 Å². The molecule has 0 amide bonds. The van der Waals surface area contributed by atoms with Gasteiger partial charge in [0.05, 0.1) is 11.4 Å². The number of nitrogen functional groups attached to an aromatic ring is 1. The lowest BCUT2D eigenvalue weighted by Crippen LogP contribution is -2.37. The molecule has 1 aromatic heterocycles. The molecule has 7 nitrogen and oxygen atoms in total. The monoisotopic (exact) mass is 479 g/mol. The highest BCUT2D eigenvalue weighted by molar-refractivity contribution is 14.0. The SMILES string of the molecule is C=CCNC(=NCCCc1nn(-c2ccccc2)c(N)c1C#N)NCC.I. The number of para-hydroxylation sites is 1. The van der Waals surface area contributed by atoms with Crippen LogP contribution in [0, 0.1) is 11.3 Å². The lowest BCUT2D eigenvalue weighted by molar-refractivity contribution is 0.765. The molecular formula is C19H26IN7. The van der Waals surface area contributed by atoms with Gasteiger partial charge in [0.2, 0.25) is 0 Å². The van der Waals surface area contributed by atoms with Crippen LogP contribution >= 0.6 is 24.0 Å². The second-order valence-electron chi connectivity index (χ2n) is 5.60. The van der Waals surface area contributed by atoms with Gasteiger partial charge in [-0.05, 0) is 31.9 Å². The van der Waals surface area contributed by atoms with Gasteiger partial charge in [-0.3, -0.25) is 4.99 Å². The number of aryl methyl sites for hydroxylation is 1. The van der Waals surface area contributed by atoms with Gasteiger partial charge in [0.25, 0.3) is 0 Å². The fourth-order valence-electron chi connectivity index (χ4n) is 2.49. The molecule has 1 aromatic carbocycles. The first kappa shape index (κ1) is 22.5. The molecule has 0 bridgehead atoms. The van der Waals surface area contributed by atoms with Crippen LogP contribution in [0.25, 0.3) is 5.69 Å². The molecular weight excluding hydrogens is 453 g/mol. The smallest absolute Gasteiger partial charge is 0.191 e. The summed E-state index contributed by atoms with van der Waals surface area (Å²) in [6, 6.07) is 11.7. The first-order valence-electron chi connectivity index (χ1n) is 8.67. The first-order chi connectivity index (χ1) is 12.7. The van der Waals surface area contributed by atoms with Gasteiger partial charge in [-0.25, -0.2) is 4.68 Å². The van der Waals surface area contributed by atoms with Gasteiger partial charge in [0, 0.05) is 19.6 Å². The summed E-state index contributed by atoms with van der Waals surface area (Å²) in [7, 11) is 0. The molecule has 0 saturated carbocycles. The number of aliphatic imine (C=N–C) groups is 1. The minimum absolute atomic E-state index is 0. The zero-order valence-electron chi connectivity index (χ0n) is 15.5. The summed E-state index contributed by atoms with van der Waals surface area (Å²) in [5, 5.41) is 20.3. The quantitative estimate of drug-likeness (QED) is 0.178. The molecule has 0 saturated heterocycles. The number of hydrogen-bond donors (Lipinski definition) is 3. The molecule has 0 aliphatic rings. The van der Waals surface area contributed by atoms with E-state index in [4.69, 9.17) is 5.73 Å². The summed E-state index contributed by atoms with van der Waals surface area (Å²) >= 11 is 0. The summed E-state index contributed by atoms with van der Waals surface area (Å²) in [5.74, 6) is 1.13. The van der Waals surface area contributed by atoms with Crippen molar-refractivity contribution in [2.24, 2.45) is 4.99 Å². The molecule has 144 valence electrons. The number of aromatic nitrogens is 2. The zero-order valence-corrected chi connectivity index (χ0v) is 17.8. The fourth-order valence-corrected chi connectivity index (χ4v) is 2.49. The summed E-state index contributed by atoms with van der Waals surface area (Å²) < 4.78 is 1.62.